The molecule has 14 rings (SSSR count). The normalized spacial score (nSPS) is 12.9. The number of hydrogen-bond donors (Lipinski definition) is 2. The summed E-state index contributed by atoms with van der Waals surface area (Å²) in [4.78, 5) is 48.5. The summed E-state index contributed by atoms with van der Waals surface area (Å²) in [6.07, 6.45) is 19.5. The lowest BCUT2D eigenvalue weighted by Crippen LogP contribution is -2.33. The van der Waals surface area contributed by atoms with Crippen LogP contribution in [0.4, 0.5) is 43.3 Å². The number of nitrogens with one attached hydrogen (secondary N) is 2. The molecule has 26 nitrogen and oxygen atoms in total. The van der Waals surface area contributed by atoms with Gasteiger partial charge in [0, 0.05) is 191 Å². The lowest BCUT2D eigenvalue weighted by Gasteiger charge is -2.27. The molecule has 2 aliphatic rings. The summed E-state index contributed by atoms with van der Waals surface area (Å²) < 4.78 is 57.8. The Morgan fingerprint density at radius 2 is 0.917 bits per heavy atom. The molecule has 1 atom stereocenters. The zero-order valence-corrected chi connectivity index (χ0v) is 60.2. The van der Waals surface area contributed by atoms with Crippen molar-refractivity contribution in [2.24, 2.45) is 21.1 Å². The first-order valence-electron chi connectivity index (χ1n) is 34.5. The van der Waals surface area contributed by atoms with Crippen LogP contribution < -0.4 is 49.0 Å². The minimum absolute atomic E-state index is 0. The highest BCUT2D eigenvalue weighted by molar-refractivity contribution is 5.86. The molecule has 0 aliphatic carbocycles. The number of fused-ring (bicyclic) bond motifs is 3. The highest BCUT2D eigenvalue weighted by atomic mass is 19.1. The molecule has 572 valence electrons. The van der Waals surface area contributed by atoms with Crippen LogP contribution in [0.25, 0.3) is 66.9 Å². The van der Waals surface area contributed by atoms with Gasteiger partial charge in [0.25, 0.3) is 0 Å². The Labute approximate surface area is 632 Å². The smallest absolute Gasteiger partial charge is 0.410 e. The highest BCUT2D eigenvalue weighted by Gasteiger charge is 2.25. The number of amides is 1. The molecule has 2 aliphatic heterocycles. The van der Waals surface area contributed by atoms with Crippen LogP contribution in [0.5, 0.6) is 28.7 Å². The third-order valence-corrected chi connectivity index (χ3v) is 17.7. The van der Waals surface area contributed by atoms with E-state index in [9.17, 15) is 9.18 Å². The fourth-order valence-electron chi connectivity index (χ4n) is 12.3. The van der Waals surface area contributed by atoms with Gasteiger partial charge in [-0.05, 0) is 86.5 Å². The Kier molecular flexibility index (Phi) is 29.4. The first-order valence-corrected chi connectivity index (χ1v) is 34.5. The van der Waals surface area contributed by atoms with E-state index in [1.807, 2.05) is 125 Å². The Bertz CT molecular complexity index is 4850. The van der Waals surface area contributed by atoms with Gasteiger partial charge in [-0.15, -0.1) is 0 Å². The van der Waals surface area contributed by atoms with Crippen LogP contribution in [0, 0.1) is 5.82 Å². The average Bonchev–Trinajstić information content (AvgIpc) is 1.11. The lowest BCUT2D eigenvalue weighted by atomic mass is 10.1. The summed E-state index contributed by atoms with van der Waals surface area (Å²) >= 11 is 0. The van der Waals surface area contributed by atoms with E-state index in [0.717, 1.165) is 165 Å². The first kappa shape index (κ1) is 82.1. The topological polar surface area (TPSA) is 249 Å². The number of carbonyl (C=O) groups excluding carboxylic acids is 1. The van der Waals surface area contributed by atoms with Gasteiger partial charge in [0.2, 0.25) is 0 Å². The molecule has 27 heteroatoms. The Morgan fingerprint density at radius 1 is 0.500 bits per heavy atom. The summed E-state index contributed by atoms with van der Waals surface area (Å²) in [6.45, 7) is 11.1. The Balaban J connectivity index is 0.000000201. The van der Waals surface area contributed by atoms with Crippen molar-refractivity contribution in [3.63, 3.8) is 0 Å². The average molecular weight is 1480 g/mol. The standard InChI is InChI=1S/C27H32N6O3.C25H29FN6O.C25H26N6O4.4CH4/c1-32-18-19(15-30-32)27-17-29-25-7-6-20(13-26(25)31-27)33(9-8-28-16-22-5-4-10-36-22)21-11-23(34-2)14-24(12-21)35-3;1-17(2)27-8-5-9-32(21-10-19(26)11-22(12-21)33-4)20-6-7-23-24(13-20)30-25(15-28-23)18-14-29-31(3)16-18;1-29-16-17(14-27-29)24-15-26-22-5-4-18(12-23(22)28-24)31(7-6-30-8-9-35-25(30)32)19-10-20(33-2)13-21(11-19)34-3;;;;/h6-7,11-15,17-18,22,28H,4-5,8-10,16H2,1-3H3;6-7,10-17,27H,5,8-9H2,1-4H3;4-5,10-16H,6-9H2,1-3H3;4*1H4. The second-order valence-corrected chi connectivity index (χ2v) is 25.3. The van der Waals surface area contributed by atoms with Gasteiger partial charge >= 0.3 is 6.09 Å². The van der Waals surface area contributed by atoms with E-state index in [-0.39, 0.29) is 41.6 Å². The molecule has 0 saturated carbocycles. The highest BCUT2D eigenvalue weighted by Crippen LogP contribution is 2.38. The molecule has 1 unspecified atom stereocenters. The number of cyclic esters (lactones) is 1. The van der Waals surface area contributed by atoms with Crippen LogP contribution in [0.3, 0.4) is 0 Å². The van der Waals surface area contributed by atoms with Gasteiger partial charge in [-0.1, -0.05) is 43.6 Å². The maximum absolute atomic E-state index is 14.3. The van der Waals surface area contributed by atoms with Crippen LogP contribution in [-0.4, -0.2) is 184 Å². The molecule has 6 aromatic heterocycles. The molecule has 0 spiro atoms. The van der Waals surface area contributed by atoms with Crippen molar-refractivity contribution in [1.29, 1.82) is 0 Å². The molecule has 8 heterocycles. The fraction of sp³-hybridized carbons (Fsp3) is 0.358. The quantitative estimate of drug-likeness (QED) is 0.0454. The van der Waals surface area contributed by atoms with Gasteiger partial charge in [-0.2, -0.15) is 15.3 Å². The van der Waals surface area contributed by atoms with Crippen molar-refractivity contribution in [2.75, 3.05) is 116 Å². The van der Waals surface area contributed by atoms with Crippen LogP contribution in [0.1, 0.15) is 62.8 Å². The second kappa shape index (κ2) is 38.6. The van der Waals surface area contributed by atoms with Crippen molar-refractivity contribution in [3.8, 4) is 62.5 Å². The van der Waals surface area contributed by atoms with E-state index in [2.05, 4.69) is 81.6 Å². The summed E-state index contributed by atoms with van der Waals surface area (Å²) in [5.74, 6) is 2.96. The SMILES string of the molecule is C.C.C.C.COc1cc(F)cc(N(CCCNC(C)C)c2ccc3ncc(-c4cnn(C)c4)nc3c2)c1.COc1cc(OC)cc(N(CCN2CCOC2=O)c2ccc3ncc(-c4cnn(C)c4)nc3c2)c1.COc1cc(OC)cc(N(CCNCC2CCCO2)c2ccc3ncc(-c4cnn(C)c4)nc3c2)c1. The summed E-state index contributed by atoms with van der Waals surface area (Å²) in [7, 11) is 13.7. The fourth-order valence-corrected chi connectivity index (χ4v) is 12.3. The lowest BCUT2D eigenvalue weighted by molar-refractivity contribution is 0.110. The van der Waals surface area contributed by atoms with Crippen molar-refractivity contribution >= 4 is 73.3 Å². The number of hydrogen-bond acceptors (Lipinski definition) is 22. The van der Waals surface area contributed by atoms with Gasteiger partial charge in [0.1, 0.15) is 41.2 Å². The van der Waals surface area contributed by atoms with Crippen LogP contribution in [0.15, 0.2) is 165 Å². The maximum Gasteiger partial charge on any atom is 0.410 e. The summed E-state index contributed by atoms with van der Waals surface area (Å²) in [6, 6.07) is 34.8. The predicted molar refractivity (Wildman–Crippen MR) is 428 cm³/mol. The summed E-state index contributed by atoms with van der Waals surface area (Å²) in [5.41, 5.74) is 15.2. The minimum atomic E-state index is -0.339. The zero-order chi connectivity index (χ0) is 72.6. The van der Waals surface area contributed by atoms with Gasteiger partial charge in [-0.25, -0.2) is 24.1 Å². The van der Waals surface area contributed by atoms with Crippen LogP contribution in [0.2, 0.25) is 0 Å². The Morgan fingerprint density at radius 3 is 1.30 bits per heavy atom. The molecular formula is C81H103FN18O8. The molecule has 2 N–H and O–H groups in total. The second-order valence-electron chi connectivity index (χ2n) is 25.3. The van der Waals surface area contributed by atoms with Gasteiger partial charge in [0.15, 0.2) is 0 Å². The predicted octanol–water partition coefficient (Wildman–Crippen LogP) is 14.8. The van der Waals surface area contributed by atoms with Crippen molar-refractivity contribution < 1.29 is 42.3 Å². The van der Waals surface area contributed by atoms with Crippen LogP contribution in [-0.2, 0) is 30.6 Å². The van der Waals surface area contributed by atoms with E-state index in [0.29, 0.717) is 62.2 Å². The molecule has 6 aromatic carbocycles. The van der Waals surface area contributed by atoms with Gasteiger partial charge < -0.3 is 63.4 Å². The van der Waals surface area contributed by atoms with Gasteiger partial charge in [-0.3, -0.25) is 29.0 Å². The minimum Gasteiger partial charge on any atom is -0.497 e. The molecule has 2 fully saturated rings. The largest absolute Gasteiger partial charge is 0.497 e. The van der Waals surface area contributed by atoms with Gasteiger partial charge in [0.05, 0.1) is 136 Å². The molecule has 0 bridgehead atoms. The molecule has 12 aromatic rings. The third kappa shape index (κ3) is 20.7. The van der Waals surface area contributed by atoms with Crippen molar-refractivity contribution in [3.05, 3.63) is 171 Å². The zero-order valence-electron chi connectivity index (χ0n) is 60.2. The number of ether oxygens (including phenoxy) is 7. The van der Waals surface area contributed by atoms with Crippen molar-refractivity contribution in [1.82, 2.24) is 74.8 Å². The van der Waals surface area contributed by atoms with Crippen LogP contribution >= 0.6 is 0 Å². The van der Waals surface area contributed by atoms with E-state index in [1.54, 1.807) is 91.7 Å². The van der Waals surface area contributed by atoms with Crippen molar-refractivity contribution in [2.45, 2.75) is 75.0 Å². The molecule has 108 heavy (non-hydrogen) atoms. The Hall–Kier alpha value is -11.6. The number of benzene rings is 6. The van der Waals surface area contributed by atoms with E-state index >= 15 is 0 Å². The number of carbonyl (C=O) groups is 1. The molecular weight excluding hydrogens is 1370 g/mol. The number of aryl methyl sites for hydroxylation is 3. The maximum atomic E-state index is 14.3. The molecule has 0 radical (unpaired) electrons. The molecule has 2 saturated heterocycles. The van der Waals surface area contributed by atoms with E-state index in [1.165, 1.54) is 12.1 Å². The number of halogens is 1. The number of rotatable bonds is 27. The van der Waals surface area contributed by atoms with E-state index < -0.39 is 0 Å². The summed E-state index contributed by atoms with van der Waals surface area (Å²) in [5, 5.41) is 19.7. The number of methoxy groups -OCH3 is 5. The third-order valence-electron chi connectivity index (χ3n) is 17.7. The first-order chi connectivity index (χ1) is 50.6. The number of nitrogens with zero attached hydrogens (tertiary/aromatic N) is 16. The van der Waals surface area contributed by atoms with E-state index in [4.69, 9.17) is 48.1 Å². The number of aromatic nitrogens is 12. The molecule has 1 amide bonds. The monoisotopic (exact) mass is 1470 g/mol. The number of anilines is 6.